The van der Waals surface area contributed by atoms with Crippen molar-refractivity contribution in [2.24, 2.45) is 11.8 Å². The first kappa shape index (κ1) is 15.2. The smallest absolute Gasteiger partial charge is 0.142 e. The zero-order valence-corrected chi connectivity index (χ0v) is 13.0. The molecule has 112 valence electrons. The van der Waals surface area contributed by atoms with E-state index in [4.69, 9.17) is 10.5 Å². The van der Waals surface area contributed by atoms with Crippen molar-refractivity contribution in [2.45, 2.75) is 58.3 Å². The third kappa shape index (κ3) is 4.16. The number of nitrogens with two attached hydrogens (primary N) is 1. The molecule has 20 heavy (non-hydrogen) atoms. The molecule has 0 spiro atoms. The fourth-order valence-electron chi connectivity index (χ4n) is 3.51. The van der Waals surface area contributed by atoms with Gasteiger partial charge in [-0.1, -0.05) is 57.9 Å². The Balaban J connectivity index is 1.92. The summed E-state index contributed by atoms with van der Waals surface area (Å²) in [5.74, 6) is 2.63. The van der Waals surface area contributed by atoms with Crippen molar-refractivity contribution in [2.75, 3.05) is 12.8 Å². The zero-order chi connectivity index (χ0) is 14.4. The molecule has 0 bridgehead atoms. The number of nitrogen functional groups attached to an aromatic ring is 1. The normalized spacial score (nSPS) is 23.9. The monoisotopic (exact) mass is 275 g/mol. The van der Waals surface area contributed by atoms with Crippen molar-refractivity contribution in [1.82, 2.24) is 0 Å². The Morgan fingerprint density at radius 1 is 1.10 bits per heavy atom. The number of anilines is 1. The van der Waals surface area contributed by atoms with E-state index in [9.17, 15) is 0 Å². The van der Waals surface area contributed by atoms with Gasteiger partial charge in [0.25, 0.3) is 0 Å². The van der Waals surface area contributed by atoms with Crippen LogP contribution < -0.4 is 10.5 Å². The van der Waals surface area contributed by atoms with Crippen LogP contribution in [0, 0.1) is 11.8 Å². The van der Waals surface area contributed by atoms with Gasteiger partial charge in [-0.3, -0.25) is 0 Å². The average Bonchev–Trinajstić information content (AvgIpc) is 2.43. The molecule has 2 heteroatoms. The van der Waals surface area contributed by atoms with Crippen LogP contribution in [0.25, 0.3) is 0 Å². The lowest BCUT2D eigenvalue weighted by molar-refractivity contribution is 0.310. The highest BCUT2D eigenvalue weighted by Gasteiger charge is 2.16. The minimum atomic E-state index is 0.736. The van der Waals surface area contributed by atoms with Crippen LogP contribution in [0.2, 0.25) is 0 Å². The van der Waals surface area contributed by atoms with Gasteiger partial charge in [0, 0.05) is 0 Å². The standard InChI is InChI=1S/C18H29NO/c1-3-14-6-4-8-15(9-5-7-14)12-16-10-11-17(19)18(13-16)20-2/h10-11,13-15H,3-9,12,19H2,1-2H3. The summed E-state index contributed by atoms with van der Waals surface area (Å²) in [5, 5.41) is 0. The number of hydrogen-bond acceptors (Lipinski definition) is 2. The van der Waals surface area contributed by atoms with Crippen molar-refractivity contribution in [1.29, 1.82) is 0 Å². The molecule has 2 rings (SSSR count). The number of ether oxygens (including phenoxy) is 1. The molecule has 1 aromatic carbocycles. The van der Waals surface area contributed by atoms with Crippen LogP contribution >= 0.6 is 0 Å². The highest BCUT2D eigenvalue weighted by molar-refractivity contribution is 5.53. The summed E-state index contributed by atoms with van der Waals surface area (Å²) >= 11 is 0. The van der Waals surface area contributed by atoms with Gasteiger partial charge in [-0.2, -0.15) is 0 Å². The Labute approximate surface area is 123 Å². The second-order valence-electron chi connectivity index (χ2n) is 6.28. The van der Waals surface area contributed by atoms with Crippen LogP contribution in [0.4, 0.5) is 5.69 Å². The molecule has 1 aliphatic carbocycles. The summed E-state index contributed by atoms with van der Waals surface area (Å²) in [5.41, 5.74) is 7.99. The lowest BCUT2D eigenvalue weighted by atomic mass is 9.82. The average molecular weight is 275 g/mol. The van der Waals surface area contributed by atoms with Crippen LogP contribution in [0.15, 0.2) is 18.2 Å². The first-order valence-corrected chi connectivity index (χ1v) is 8.15. The summed E-state index contributed by atoms with van der Waals surface area (Å²) in [6, 6.07) is 6.25. The second-order valence-corrected chi connectivity index (χ2v) is 6.28. The van der Waals surface area contributed by atoms with Crippen molar-refractivity contribution in [3.05, 3.63) is 23.8 Å². The minimum Gasteiger partial charge on any atom is -0.495 e. The Morgan fingerprint density at radius 3 is 2.35 bits per heavy atom. The molecule has 2 N–H and O–H groups in total. The lowest BCUT2D eigenvalue weighted by Gasteiger charge is -2.24. The third-order valence-corrected chi connectivity index (χ3v) is 4.85. The lowest BCUT2D eigenvalue weighted by Crippen LogP contribution is -2.11. The summed E-state index contributed by atoms with van der Waals surface area (Å²) in [6.45, 7) is 2.34. The van der Waals surface area contributed by atoms with E-state index in [0.717, 1.165) is 23.3 Å². The molecule has 0 aromatic heterocycles. The van der Waals surface area contributed by atoms with Gasteiger partial charge >= 0.3 is 0 Å². The highest BCUT2D eigenvalue weighted by Crippen LogP contribution is 2.31. The second kappa shape index (κ2) is 7.56. The Hall–Kier alpha value is -1.18. The molecule has 0 radical (unpaired) electrons. The Kier molecular flexibility index (Phi) is 5.75. The van der Waals surface area contributed by atoms with E-state index in [0.29, 0.717) is 0 Å². The maximum absolute atomic E-state index is 5.88. The molecule has 0 heterocycles. The Bertz CT molecular complexity index is 406. The van der Waals surface area contributed by atoms with Crippen LogP contribution in [0.1, 0.15) is 57.4 Å². The fraction of sp³-hybridized carbons (Fsp3) is 0.667. The molecule has 1 aliphatic rings. The molecule has 1 aromatic rings. The fourth-order valence-corrected chi connectivity index (χ4v) is 3.51. The van der Waals surface area contributed by atoms with E-state index >= 15 is 0 Å². The molecular weight excluding hydrogens is 246 g/mol. The first-order valence-electron chi connectivity index (χ1n) is 8.15. The number of hydrogen-bond donors (Lipinski definition) is 1. The zero-order valence-electron chi connectivity index (χ0n) is 13.0. The Morgan fingerprint density at radius 2 is 1.75 bits per heavy atom. The number of methoxy groups -OCH3 is 1. The highest BCUT2D eigenvalue weighted by atomic mass is 16.5. The van der Waals surface area contributed by atoms with E-state index < -0.39 is 0 Å². The predicted molar refractivity (Wildman–Crippen MR) is 86.1 cm³/mol. The van der Waals surface area contributed by atoms with E-state index in [1.165, 1.54) is 56.9 Å². The predicted octanol–water partition coefficient (Wildman–Crippen LogP) is 4.82. The van der Waals surface area contributed by atoms with Gasteiger partial charge in [-0.15, -0.1) is 0 Å². The van der Waals surface area contributed by atoms with Gasteiger partial charge in [0.15, 0.2) is 0 Å². The van der Waals surface area contributed by atoms with E-state index in [-0.39, 0.29) is 0 Å². The van der Waals surface area contributed by atoms with E-state index in [1.807, 2.05) is 6.07 Å². The molecule has 0 aliphatic heterocycles. The summed E-state index contributed by atoms with van der Waals surface area (Å²) in [4.78, 5) is 0. The molecular formula is C18H29NO. The number of benzene rings is 1. The molecule has 0 amide bonds. The molecule has 1 fully saturated rings. The van der Waals surface area contributed by atoms with Crippen molar-refractivity contribution in [3.8, 4) is 5.75 Å². The maximum atomic E-state index is 5.88. The van der Waals surface area contributed by atoms with E-state index in [1.54, 1.807) is 7.11 Å². The van der Waals surface area contributed by atoms with E-state index in [2.05, 4.69) is 19.1 Å². The van der Waals surface area contributed by atoms with Gasteiger partial charge in [0.1, 0.15) is 5.75 Å². The van der Waals surface area contributed by atoms with Gasteiger partial charge in [0.05, 0.1) is 12.8 Å². The van der Waals surface area contributed by atoms with Gasteiger partial charge in [-0.05, 0) is 36.0 Å². The molecule has 0 atom stereocenters. The molecule has 0 unspecified atom stereocenters. The van der Waals surface area contributed by atoms with Gasteiger partial charge < -0.3 is 10.5 Å². The quantitative estimate of drug-likeness (QED) is 0.800. The van der Waals surface area contributed by atoms with Crippen LogP contribution in [0.3, 0.4) is 0 Å². The van der Waals surface area contributed by atoms with Crippen LogP contribution in [0.5, 0.6) is 5.75 Å². The molecule has 1 saturated carbocycles. The summed E-state index contributed by atoms with van der Waals surface area (Å²) in [6.07, 6.45) is 10.9. The third-order valence-electron chi connectivity index (χ3n) is 4.85. The summed E-state index contributed by atoms with van der Waals surface area (Å²) in [7, 11) is 1.69. The number of rotatable bonds is 4. The topological polar surface area (TPSA) is 35.2 Å². The first-order chi connectivity index (χ1) is 9.72. The SMILES string of the molecule is CCC1CCCC(Cc2ccc(N)c(OC)c2)CCC1. The van der Waals surface area contributed by atoms with Crippen molar-refractivity contribution in [3.63, 3.8) is 0 Å². The van der Waals surface area contributed by atoms with Crippen molar-refractivity contribution >= 4 is 5.69 Å². The summed E-state index contributed by atoms with van der Waals surface area (Å²) < 4.78 is 5.32. The minimum absolute atomic E-state index is 0.736. The van der Waals surface area contributed by atoms with Gasteiger partial charge in [-0.25, -0.2) is 0 Å². The van der Waals surface area contributed by atoms with Crippen molar-refractivity contribution < 1.29 is 4.74 Å². The van der Waals surface area contributed by atoms with Gasteiger partial charge in [0.2, 0.25) is 0 Å². The molecule has 2 nitrogen and oxygen atoms in total. The van der Waals surface area contributed by atoms with Crippen LogP contribution in [-0.2, 0) is 6.42 Å². The maximum Gasteiger partial charge on any atom is 0.142 e. The molecule has 0 saturated heterocycles. The van der Waals surface area contributed by atoms with Crippen LogP contribution in [-0.4, -0.2) is 7.11 Å². The largest absolute Gasteiger partial charge is 0.495 e.